The van der Waals surface area contributed by atoms with Gasteiger partial charge in [-0.05, 0) is 18.1 Å². The number of nitrogens with zero attached hydrogens (tertiary/aromatic N) is 2. The molecule has 0 bridgehead atoms. The van der Waals surface area contributed by atoms with E-state index in [2.05, 4.69) is 14.1 Å². The Labute approximate surface area is 120 Å². The van der Waals surface area contributed by atoms with Crippen LogP contribution in [0.3, 0.4) is 0 Å². The van der Waals surface area contributed by atoms with E-state index in [1.807, 2.05) is 13.8 Å². The summed E-state index contributed by atoms with van der Waals surface area (Å²) in [5.74, 6) is -0.150. The zero-order valence-electron chi connectivity index (χ0n) is 10.7. The summed E-state index contributed by atoms with van der Waals surface area (Å²) >= 11 is 7.18. The number of anilines is 1. The van der Waals surface area contributed by atoms with Crippen LogP contribution in [0.1, 0.15) is 20.3 Å². The molecule has 0 saturated carbocycles. The van der Waals surface area contributed by atoms with Crippen molar-refractivity contribution in [3.05, 3.63) is 17.2 Å². The number of nitrogens with one attached hydrogen (secondary N) is 1. The maximum atomic E-state index is 12.1. The Morgan fingerprint density at radius 3 is 2.95 bits per heavy atom. The highest BCUT2D eigenvalue weighted by Gasteiger charge is 2.21. The SMILES string of the molecule is CC[C@H](C)[C@H](N)C(=O)Nc1c(Cl)ccc2nsnc12. The van der Waals surface area contributed by atoms with E-state index in [-0.39, 0.29) is 11.8 Å². The molecule has 7 heteroatoms. The first-order chi connectivity index (χ1) is 9.04. The van der Waals surface area contributed by atoms with Gasteiger partial charge in [0, 0.05) is 0 Å². The Balaban J connectivity index is 2.28. The van der Waals surface area contributed by atoms with Gasteiger partial charge in [-0.2, -0.15) is 8.75 Å². The van der Waals surface area contributed by atoms with Crippen LogP contribution in [0.5, 0.6) is 0 Å². The number of fused-ring (bicyclic) bond motifs is 1. The normalized spacial score (nSPS) is 14.3. The molecule has 19 heavy (non-hydrogen) atoms. The van der Waals surface area contributed by atoms with Crippen molar-refractivity contribution in [2.75, 3.05) is 5.32 Å². The van der Waals surface area contributed by atoms with E-state index >= 15 is 0 Å². The zero-order valence-corrected chi connectivity index (χ0v) is 12.3. The molecule has 5 nitrogen and oxygen atoms in total. The van der Waals surface area contributed by atoms with Gasteiger partial charge < -0.3 is 11.1 Å². The fraction of sp³-hybridized carbons (Fsp3) is 0.417. The zero-order chi connectivity index (χ0) is 14.0. The van der Waals surface area contributed by atoms with Gasteiger partial charge in [-0.15, -0.1) is 0 Å². The van der Waals surface area contributed by atoms with Crippen LogP contribution in [0.2, 0.25) is 5.02 Å². The number of carbonyl (C=O) groups excluding carboxylic acids is 1. The molecule has 3 N–H and O–H groups in total. The molecule has 2 aromatic rings. The molecule has 0 unspecified atom stereocenters. The number of aromatic nitrogens is 2. The predicted octanol–water partition coefficient (Wildman–Crippen LogP) is 2.66. The minimum atomic E-state index is -0.567. The smallest absolute Gasteiger partial charge is 0.241 e. The Bertz CT molecular complexity index is 600. The summed E-state index contributed by atoms with van der Waals surface area (Å²) < 4.78 is 8.26. The third kappa shape index (κ3) is 2.86. The van der Waals surface area contributed by atoms with Crippen molar-refractivity contribution in [1.29, 1.82) is 0 Å². The minimum absolute atomic E-state index is 0.103. The predicted molar refractivity (Wildman–Crippen MR) is 78.5 cm³/mol. The molecule has 1 aromatic heterocycles. The molecule has 2 atom stereocenters. The largest absolute Gasteiger partial charge is 0.322 e. The molecule has 1 heterocycles. The summed E-state index contributed by atoms with van der Waals surface area (Å²) in [5.41, 5.74) is 7.69. The lowest BCUT2D eigenvalue weighted by Crippen LogP contribution is -2.40. The molecular weight excluding hydrogens is 284 g/mol. The summed E-state index contributed by atoms with van der Waals surface area (Å²) in [5, 5.41) is 3.20. The lowest BCUT2D eigenvalue weighted by molar-refractivity contribution is -0.118. The molecule has 0 radical (unpaired) electrons. The summed E-state index contributed by atoms with van der Waals surface area (Å²) in [6, 6.07) is 2.89. The first-order valence-electron chi connectivity index (χ1n) is 6.01. The van der Waals surface area contributed by atoms with E-state index in [1.54, 1.807) is 12.1 Å². The van der Waals surface area contributed by atoms with Gasteiger partial charge in [-0.25, -0.2) is 0 Å². The first kappa shape index (κ1) is 14.2. The van der Waals surface area contributed by atoms with Crippen molar-refractivity contribution >= 4 is 46.0 Å². The number of hydrogen-bond acceptors (Lipinski definition) is 5. The second-order valence-electron chi connectivity index (χ2n) is 4.45. The van der Waals surface area contributed by atoms with Crippen LogP contribution in [0.25, 0.3) is 11.0 Å². The monoisotopic (exact) mass is 298 g/mol. The van der Waals surface area contributed by atoms with Gasteiger partial charge in [0.25, 0.3) is 0 Å². The molecule has 0 spiro atoms. The fourth-order valence-electron chi connectivity index (χ4n) is 1.66. The van der Waals surface area contributed by atoms with Crippen LogP contribution in [0.15, 0.2) is 12.1 Å². The van der Waals surface area contributed by atoms with E-state index in [0.717, 1.165) is 18.1 Å². The van der Waals surface area contributed by atoms with Crippen molar-refractivity contribution < 1.29 is 4.79 Å². The highest BCUT2D eigenvalue weighted by Crippen LogP contribution is 2.30. The number of rotatable bonds is 4. The van der Waals surface area contributed by atoms with E-state index in [9.17, 15) is 4.79 Å². The molecule has 0 fully saturated rings. The molecule has 102 valence electrons. The summed E-state index contributed by atoms with van der Waals surface area (Å²) in [7, 11) is 0. The van der Waals surface area contributed by atoms with Gasteiger partial charge in [0.15, 0.2) is 0 Å². The van der Waals surface area contributed by atoms with Crippen molar-refractivity contribution in [3.63, 3.8) is 0 Å². The van der Waals surface area contributed by atoms with Gasteiger partial charge in [-0.1, -0.05) is 31.9 Å². The van der Waals surface area contributed by atoms with Crippen LogP contribution < -0.4 is 11.1 Å². The van der Waals surface area contributed by atoms with Gasteiger partial charge in [0.1, 0.15) is 11.0 Å². The lowest BCUT2D eigenvalue weighted by atomic mass is 9.99. The number of hydrogen-bond donors (Lipinski definition) is 2. The molecule has 2 rings (SSSR count). The average molecular weight is 299 g/mol. The fourth-order valence-corrected chi connectivity index (χ4v) is 2.41. The van der Waals surface area contributed by atoms with Crippen LogP contribution in [-0.2, 0) is 4.79 Å². The minimum Gasteiger partial charge on any atom is -0.322 e. The Morgan fingerprint density at radius 2 is 2.26 bits per heavy atom. The molecule has 1 amide bonds. The van der Waals surface area contributed by atoms with E-state index in [4.69, 9.17) is 17.3 Å². The maximum absolute atomic E-state index is 12.1. The second kappa shape index (κ2) is 5.81. The standard InChI is InChI=1S/C12H15ClN4OS/c1-3-6(2)9(14)12(18)15-10-7(13)4-5-8-11(10)17-19-16-8/h4-6,9H,3,14H2,1-2H3,(H,15,18)/t6-,9-/m0/s1. The highest BCUT2D eigenvalue weighted by atomic mass is 35.5. The van der Waals surface area contributed by atoms with Crippen LogP contribution in [-0.4, -0.2) is 20.7 Å². The van der Waals surface area contributed by atoms with E-state index in [1.165, 1.54) is 0 Å². The van der Waals surface area contributed by atoms with Crippen LogP contribution in [0.4, 0.5) is 5.69 Å². The van der Waals surface area contributed by atoms with E-state index in [0.29, 0.717) is 21.7 Å². The van der Waals surface area contributed by atoms with Crippen molar-refractivity contribution in [2.45, 2.75) is 26.3 Å². The average Bonchev–Trinajstić information content (AvgIpc) is 2.88. The van der Waals surface area contributed by atoms with Gasteiger partial charge >= 0.3 is 0 Å². The van der Waals surface area contributed by atoms with Crippen LogP contribution in [0, 0.1) is 5.92 Å². The van der Waals surface area contributed by atoms with Crippen molar-refractivity contribution in [1.82, 2.24) is 8.75 Å². The van der Waals surface area contributed by atoms with Crippen molar-refractivity contribution in [3.8, 4) is 0 Å². The van der Waals surface area contributed by atoms with Crippen molar-refractivity contribution in [2.24, 2.45) is 11.7 Å². The Kier molecular flexibility index (Phi) is 4.34. The maximum Gasteiger partial charge on any atom is 0.241 e. The van der Waals surface area contributed by atoms with Crippen LogP contribution >= 0.6 is 23.3 Å². The molecule has 0 aliphatic rings. The highest BCUT2D eigenvalue weighted by molar-refractivity contribution is 7.00. The summed E-state index contributed by atoms with van der Waals surface area (Å²) in [6.07, 6.45) is 0.838. The van der Waals surface area contributed by atoms with Gasteiger partial charge in [-0.3, -0.25) is 4.79 Å². The number of amides is 1. The molecule has 0 aliphatic heterocycles. The number of halogens is 1. The molecule has 0 aliphatic carbocycles. The molecular formula is C12H15ClN4OS. The Morgan fingerprint density at radius 1 is 1.53 bits per heavy atom. The third-order valence-electron chi connectivity index (χ3n) is 3.19. The third-order valence-corrected chi connectivity index (χ3v) is 4.04. The van der Waals surface area contributed by atoms with Gasteiger partial charge in [0.05, 0.1) is 28.5 Å². The first-order valence-corrected chi connectivity index (χ1v) is 7.12. The molecule has 0 saturated heterocycles. The number of carbonyl (C=O) groups is 1. The Hall–Kier alpha value is -1.24. The quantitative estimate of drug-likeness (QED) is 0.909. The summed E-state index contributed by atoms with van der Waals surface area (Å²) in [6.45, 7) is 3.94. The molecule has 1 aromatic carbocycles. The van der Waals surface area contributed by atoms with E-state index < -0.39 is 6.04 Å². The van der Waals surface area contributed by atoms with Gasteiger partial charge in [0.2, 0.25) is 5.91 Å². The topological polar surface area (TPSA) is 80.9 Å². The number of benzene rings is 1. The number of nitrogens with two attached hydrogens (primary N) is 1. The summed E-state index contributed by atoms with van der Waals surface area (Å²) in [4.78, 5) is 12.1. The second-order valence-corrected chi connectivity index (χ2v) is 5.39. The lowest BCUT2D eigenvalue weighted by Gasteiger charge is -2.18.